The van der Waals surface area contributed by atoms with Gasteiger partial charge in [-0.2, -0.15) is 0 Å². The van der Waals surface area contributed by atoms with E-state index >= 15 is 0 Å². The van der Waals surface area contributed by atoms with Gasteiger partial charge in [0, 0.05) is 11.5 Å². The fourth-order valence-corrected chi connectivity index (χ4v) is 2.61. The van der Waals surface area contributed by atoms with Crippen molar-refractivity contribution in [2.45, 2.75) is 6.92 Å². The van der Waals surface area contributed by atoms with E-state index in [1.165, 1.54) is 0 Å². The Hall–Kier alpha value is -0.810. The molecule has 0 spiro atoms. The van der Waals surface area contributed by atoms with Crippen molar-refractivity contribution in [1.82, 2.24) is 0 Å². The quantitative estimate of drug-likeness (QED) is 0.653. The Morgan fingerprint density at radius 1 is 1.42 bits per heavy atom. The van der Waals surface area contributed by atoms with Crippen LogP contribution in [0.4, 0.5) is 0 Å². The maximum Gasteiger partial charge on any atom is 0.135 e. The van der Waals surface area contributed by atoms with Crippen molar-refractivity contribution in [3.8, 4) is 0 Å². The molecule has 0 aliphatic rings. The minimum absolute atomic E-state index is 0.653. The molecule has 0 saturated heterocycles. The highest BCUT2D eigenvalue weighted by atomic mass is 31.2. The van der Waals surface area contributed by atoms with Crippen LogP contribution in [0.5, 0.6) is 0 Å². The minimum Gasteiger partial charge on any atom is -0.314 e. The normalized spacial score (nSPS) is 15.1. The van der Waals surface area contributed by atoms with Gasteiger partial charge in [0.25, 0.3) is 0 Å². The Morgan fingerprint density at radius 2 is 2.00 bits per heavy atom. The van der Waals surface area contributed by atoms with Crippen molar-refractivity contribution in [2.75, 3.05) is 6.16 Å². The molecule has 0 heterocycles. The van der Waals surface area contributed by atoms with E-state index in [2.05, 4.69) is 6.58 Å². The third-order valence-electron chi connectivity index (χ3n) is 1.96. The molecule has 0 saturated carbocycles. The molecule has 0 aromatic heterocycles. The molecule has 0 amide bonds. The van der Waals surface area contributed by atoms with Gasteiger partial charge in [0.15, 0.2) is 0 Å². The van der Waals surface area contributed by atoms with Gasteiger partial charge in [-0.1, -0.05) is 43.8 Å². The van der Waals surface area contributed by atoms with Crippen LogP contribution in [-0.4, -0.2) is 6.16 Å². The van der Waals surface area contributed by atoms with Gasteiger partial charge in [-0.05, 0) is 5.82 Å². The van der Waals surface area contributed by atoms with E-state index in [4.69, 9.17) is 0 Å². The summed E-state index contributed by atoms with van der Waals surface area (Å²) < 4.78 is 12.0. The Labute approximate surface area is 73.5 Å². The lowest BCUT2D eigenvalue weighted by atomic mass is 10.4. The molecule has 0 bridgehead atoms. The maximum atomic E-state index is 12.0. The number of hydrogen-bond acceptors (Lipinski definition) is 1. The van der Waals surface area contributed by atoms with E-state index in [-0.39, 0.29) is 0 Å². The van der Waals surface area contributed by atoms with Gasteiger partial charge >= 0.3 is 0 Å². The monoisotopic (exact) mass is 180 g/mol. The highest BCUT2D eigenvalue weighted by Crippen LogP contribution is 2.44. The first-order valence-corrected chi connectivity index (χ1v) is 5.97. The van der Waals surface area contributed by atoms with Crippen molar-refractivity contribution in [2.24, 2.45) is 0 Å². The first-order valence-electron chi connectivity index (χ1n) is 4.01. The SMILES string of the molecule is C=CP(=O)(CC)c1ccccc1. The van der Waals surface area contributed by atoms with Crippen LogP contribution in [0.15, 0.2) is 42.7 Å². The van der Waals surface area contributed by atoms with E-state index in [0.29, 0.717) is 6.16 Å². The van der Waals surface area contributed by atoms with Gasteiger partial charge in [0.1, 0.15) is 7.14 Å². The van der Waals surface area contributed by atoms with Crippen molar-refractivity contribution >= 4 is 12.4 Å². The molecular formula is C10H13OP. The highest BCUT2D eigenvalue weighted by Gasteiger charge is 2.16. The summed E-state index contributed by atoms with van der Waals surface area (Å²) in [4.78, 5) is 0. The van der Waals surface area contributed by atoms with Gasteiger partial charge in [-0.15, -0.1) is 0 Å². The summed E-state index contributed by atoms with van der Waals surface area (Å²) in [5.74, 6) is 1.59. The van der Waals surface area contributed by atoms with Crippen LogP contribution in [0.25, 0.3) is 0 Å². The lowest BCUT2D eigenvalue weighted by Gasteiger charge is -2.10. The lowest BCUT2D eigenvalue weighted by molar-refractivity contribution is 0.587. The Balaban J connectivity index is 3.12. The van der Waals surface area contributed by atoms with Gasteiger partial charge in [-0.3, -0.25) is 0 Å². The molecule has 1 rings (SSSR count). The molecule has 2 heteroatoms. The predicted molar refractivity (Wildman–Crippen MR) is 54.4 cm³/mol. The molecule has 1 aromatic carbocycles. The first kappa shape index (κ1) is 9.28. The van der Waals surface area contributed by atoms with Crippen LogP contribution in [0.3, 0.4) is 0 Å². The number of benzene rings is 1. The van der Waals surface area contributed by atoms with E-state index in [1.807, 2.05) is 37.3 Å². The van der Waals surface area contributed by atoms with Gasteiger partial charge < -0.3 is 4.57 Å². The zero-order valence-electron chi connectivity index (χ0n) is 7.23. The largest absolute Gasteiger partial charge is 0.314 e. The molecule has 1 nitrogen and oxygen atoms in total. The number of hydrogen-bond donors (Lipinski definition) is 0. The molecular weight excluding hydrogens is 167 g/mol. The Bertz CT molecular complexity index is 303. The van der Waals surface area contributed by atoms with Crippen LogP contribution >= 0.6 is 7.14 Å². The average Bonchev–Trinajstić information content (AvgIpc) is 2.18. The van der Waals surface area contributed by atoms with E-state index < -0.39 is 7.14 Å². The molecule has 64 valence electrons. The molecule has 1 atom stereocenters. The fourth-order valence-electron chi connectivity index (χ4n) is 1.10. The molecule has 0 N–H and O–H groups in total. The predicted octanol–water partition coefficient (Wildman–Crippen LogP) is 2.84. The Kier molecular flexibility index (Phi) is 2.88. The summed E-state index contributed by atoms with van der Waals surface area (Å²) in [5, 5.41) is 0.905. The second kappa shape index (κ2) is 3.73. The van der Waals surface area contributed by atoms with Gasteiger partial charge in [-0.25, -0.2) is 0 Å². The second-order valence-electron chi connectivity index (χ2n) is 2.63. The molecule has 0 radical (unpaired) electrons. The van der Waals surface area contributed by atoms with Crippen LogP contribution < -0.4 is 5.30 Å². The van der Waals surface area contributed by atoms with Crippen molar-refractivity contribution < 1.29 is 4.57 Å². The molecule has 12 heavy (non-hydrogen) atoms. The van der Waals surface area contributed by atoms with Crippen LogP contribution in [0.1, 0.15) is 6.92 Å². The zero-order chi connectivity index (χ0) is 9.03. The lowest BCUT2D eigenvalue weighted by Crippen LogP contribution is -2.03. The summed E-state index contributed by atoms with van der Waals surface area (Å²) in [6.45, 7) is 5.54. The topological polar surface area (TPSA) is 17.1 Å². The van der Waals surface area contributed by atoms with Crippen molar-refractivity contribution in [3.63, 3.8) is 0 Å². The zero-order valence-corrected chi connectivity index (χ0v) is 8.13. The summed E-state index contributed by atoms with van der Waals surface area (Å²) in [5.41, 5.74) is 0. The third kappa shape index (κ3) is 1.67. The fraction of sp³-hybridized carbons (Fsp3) is 0.200. The molecule has 1 aromatic rings. The molecule has 0 aliphatic carbocycles. The molecule has 1 unspecified atom stereocenters. The molecule has 0 aliphatic heterocycles. The third-order valence-corrected chi connectivity index (χ3v) is 4.66. The maximum absolute atomic E-state index is 12.0. The highest BCUT2D eigenvalue weighted by molar-refractivity contribution is 7.74. The standard InChI is InChI=1S/C10H13OP/c1-3-12(11,4-2)10-8-6-5-7-9-10/h3,5-9H,1,4H2,2H3. The first-order chi connectivity index (χ1) is 5.73. The van der Waals surface area contributed by atoms with Crippen LogP contribution in [0.2, 0.25) is 0 Å². The van der Waals surface area contributed by atoms with Crippen LogP contribution in [0, 0.1) is 0 Å². The summed E-state index contributed by atoms with van der Waals surface area (Å²) >= 11 is 0. The smallest absolute Gasteiger partial charge is 0.135 e. The van der Waals surface area contributed by atoms with Gasteiger partial charge in [0.05, 0.1) is 0 Å². The van der Waals surface area contributed by atoms with E-state index in [0.717, 1.165) is 5.30 Å². The average molecular weight is 180 g/mol. The second-order valence-corrected chi connectivity index (χ2v) is 5.74. The van der Waals surface area contributed by atoms with Crippen molar-refractivity contribution in [1.29, 1.82) is 0 Å². The van der Waals surface area contributed by atoms with E-state index in [1.54, 1.807) is 5.82 Å². The Morgan fingerprint density at radius 3 is 2.42 bits per heavy atom. The summed E-state index contributed by atoms with van der Waals surface area (Å²) in [6, 6.07) is 9.52. The van der Waals surface area contributed by atoms with Crippen molar-refractivity contribution in [3.05, 3.63) is 42.7 Å². The summed E-state index contributed by atoms with van der Waals surface area (Å²) in [7, 11) is -2.27. The van der Waals surface area contributed by atoms with E-state index in [9.17, 15) is 4.57 Å². The minimum atomic E-state index is -2.27. The summed E-state index contributed by atoms with van der Waals surface area (Å²) in [6.07, 6.45) is 0.653. The van der Waals surface area contributed by atoms with Crippen LogP contribution in [-0.2, 0) is 4.57 Å². The van der Waals surface area contributed by atoms with Gasteiger partial charge in [0.2, 0.25) is 0 Å². The molecule has 0 fully saturated rings. The number of rotatable bonds is 3.